The maximum absolute atomic E-state index is 6.25. The van der Waals surface area contributed by atoms with Crippen molar-refractivity contribution in [1.29, 1.82) is 0 Å². The molecule has 0 radical (unpaired) electrons. The quantitative estimate of drug-likeness (QED) is 0.201. The Hall–Kier alpha value is -6.32. The SMILES string of the molecule is c1ccc(-c2ccc(N3c4ccc5ccccc5c4N(c4ccc5oc6ccccc6c5c4)c4ccc5ccccc5c43)cc2)cc1. The molecule has 10 rings (SSSR count). The Bertz CT molecular complexity index is 2640. The summed E-state index contributed by atoms with van der Waals surface area (Å²) in [4.78, 5) is 4.91. The zero-order valence-electron chi connectivity index (χ0n) is 25.5. The van der Waals surface area contributed by atoms with Gasteiger partial charge in [-0.1, -0.05) is 121 Å². The molecule has 0 atom stereocenters. The van der Waals surface area contributed by atoms with Crippen molar-refractivity contribution in [3.8, 4) is 11.1 Å². The molecule has 220 valence electrons. The molecule has 0 amide bonds. The van der Waals surface area contributed by atoms with Crippen molar-refractivity contribution in [2.75, 3.05) is 9.80 Å². The van der Waals surface area contributed by atoms with Crippen molar-refractivity contribution in [2.24, 2.45) is 0 Å². The van der Waals surface area contributed by atoms with E-state index in [0.29, 0.717) is 0 Å². The van der Waals surface area contributed by atoms with E-state index < -0.39 is 0 Å². The second-order valence-corrected chi connectivity index (χ2v) is 12.2. The van der Waals surface area contributed by atoms with Crippen LogP contribution in [0.5, 0.6) is 0 Å². The number of hydrogen-bond acceptors (Lipinski definition) is 3. The average Bonchev–Trinajstić information content (AvgIpc) is 3.52. The third kappa shape index (κ3) is 3.93. The van der Waals surface area contributed by atoms with E-state index in [9.17, 15) is 0 Å². The van der Waals surface area contributed by atoms with Crippen LogP contribution >= 0.6 is 0 Å². The van der Waals surface area contributed by atoms with E-state index in [1.807, 2.05) is 12.1 Å². The van der Waals surface area contributed by atoms with Gasteiger partial charge >= 0.3 is 0 Å². The third-order valence-electron chi connectivity index (χ3n) is 9.54. The van der Waals surface area contributed by atoms with E-state index in [0.717, 1.165) is 56.1 Å². The van der Waals surface area contributed by atoms with Crippen molar-refractivity contribution >= 4 is 77.6 Å². The van der Waals surface area contributed by atoms with Gasteiger partial charge in [0, 0.05) is 32.9 Å². The van der Waals surface area contributed by atoms with Crippen LogP contribution in [0.2, 0.25) is 0 Å². The standard InChI is InChI=1S/C44H28N2O/c1-2-10-29(11-3-1)30-18-22-33(23-19-30)45-39-25-20-32-13-5-7-15-36(32)44(39)46(40-26-21-31-12-4-6-14-35(31)43(40)45)34-24-27-42-38(28-34)37-16-8-9-17-41(37)47-42/h1-28H. The summed E-state index contributed by atoms with van der Waals surface area (Å²) in [7, 11) is 0. The molecule has 8 aromatic carbocycles. The van der Waals surface area contributed by atoms with E-state index in [2.05, 4.69) is 168 Å². The predicted molar refractivity (Wildman–Crippen MR) is 197 cm³/mol. The topological polar surface area (TPSA) is 19.6 Å². The number of fused-ring (bicyclic) bond motifs is 9. The number of anilines is 6. The molecule has 0 unspecified atom stereocenters. The lowest BCUT2D eigenvalue weighted by molar-refractivity contribution is 0.669. The lowest BCUT2D eigenvalue weighted by Crippen LogP contribution is -2.24. The smallest absolute Gasteiger partial charge is 0.135 e. The van der Waals surface area contributed by atoms with Gasteiger partial charge in [0.25, 0.3) is 0 Å². The van der Waals surface area contributed by atoms with Crippen molar-refractivity contribution in [3.63, 3.8) is 0 Å². The van der Waals surface area contributed by atoms with Crippen LogP contribution < -0.4 is 9.80 Å². The van der Waals surface area contributed by atoms with Gasteiger partial charge in [-0.05, 0) is 70.4 Å². The van der Waals surface area contributed by atoms with E-state index in [1.165, 1.54) is 32.7 Å². The first-order valence-corrected chi connectivity index (χ1v) is 16.0. The first kappa shape index (κ1) is 26.0. The lowest BCUT2D eigenvalue weighted by atomic mass is 9.96. The average molecular weight is 601 g/mol. The fraction of sp³-hybridized carbons (Fsp3) is 0. The fourth-order valence-corrected chi connectivity index (χ4v) is 7.38. The number of furan rings is 1. The molecule has 0 saturated heterocycles. The number of hydrogen-bond donors (Lipinski definition) is 0. The van der Waals surface area contributed by atoms with Gasteiger partial charge in [0.1, 0.15) is 11.2 Å². The molecule has 2 heterocycles. The van der Waals surface area contributed by atoms with Crippen LogP contribution in [0.15, 0.2) is 174 Å². The molecule has 1 aromatic heterocycles. The van der Waals surface area contributed by atoms with Crippen LogP contribution in [-0.2, 0) is 0 Å². The van der Waals surface area contributed by atoms with Crippen LogP contribution in [0.25, 0.3) is 54.6 Å². The Morgan fingerprint density at radius 2 is 0.851 bits per heavy atom. The summed E-state index contributed by atoms with van der Waals surface area (Å²) in [6.07, 6.45) is 0. The van der Waals surface area contributed by atoms with Crippen LogP contribution in [0.3, 0.4) is 0 Å². The number of rotatable bonds is 3. The molecule has 0 aliphatic carbocycles. The Morgan fingerprint density at radius 3 is 1.53 bits per heavy atom. The second-order valence-electron chi connectivity index (χ2n) is 12.2. The molecule has 0 fully saturated rings. The molecule has 3 nitrogen and oxygen atoms in total. The third-order valence-corrected chi connectivity index (χ3v) is 9.54. The number of benzene rings is 8. The number of nitrogens with zero attached hydrogens (tertiary/aromatic N) is 2. The molecule has 3 heteroatoms. The Morgan fingerprint density at radius 1 is 0.340 bits per heavy atom. The second kappa shape index (κ2) is 10.1. The normalized spacial score (nSPS) is 12.6. The first-order valence-electron chi connectivity index (χ1n) is 16.0. The monoisotopic (exact) mass is 600 g/mol. The van der Waals surface area contributed by atoms with Crippen LogP contribution in [0.1, 0.15) is 0 Å². The van der Waals surface area contributed by atoms with Gasteiger partial charge in [-0.2, -0.15) is 0 Å². The van der Waals surface area contributed by atoms with E-state index in [4.69, 9.17) is 4.42 Å². The van der Waals surface area contributed by atoms with Gasteiger partial charge in [0.2, 0.25) is 0 Å². The van der Waals surface area contributed by atoms with Crippen LogP contribution in [0, 0.1) is 0 Å². The van der Waals surface area contributed by atoms with Crippen molar-refractivity contribution < 1.29 is 4.42 Å². The lowest BCUT2D eigenvalue weighted by Gasteiger charge is -2.41. The molecule has 0 saturated carbocycles. The summed E-state index contributed by atoms with van der Waals surface area (Å²) < 4.78 is 6.25. The van der Waals surface area contributed by atoms with Crippen molar-refractivity contribution in [2.45, 2.75) is 0 Å². The predicted octanol–water partition coefficient (Wildman–Crippen LogP) is 12.8. The summed E-state index contributed by atoms with van der Waals surface area (Å²) >= 11 is 0. The maximum Gasteiger partial charge on any atom is 0.135 e. The number of para-hydroxylation sites is 1. The van der Waals surface area contributed by atoms with E-state index in [1.54, 1.807) is 0 Å². The van der Waals surface area contributed by atoms with E-state index >= 15 is 0 Å². The molecular formula is C44H28N2O. The molecular weight excluding hydrogens is 572 g/mol. The maximum atomic E-state index is 6.25. The highest BCUT2D eigenvalue weighted by atomic mass is 16.3. The van der Waals surface area contributed by atoms with Gasteiger partial charge < -0.3 is 14.2 Å². The van der Waals surface area contributed by atoms with Gasteiger partial charge in [-0.3, -0.25) is 0 Å². The van der Waals surface area contributed by atoms with Crippen LogP contribution in [-0.4, -0.2) is 0 Å². The summed E-state index contributed by atoms with van der Waals surface area (Å²) in [6, 6.07) is 60.9. The Balaban J connectivity index is 1.28. The van der Waals surface area contributed by atoms with Gasteiger partial charge in [0.05, 0.1) is 22.7 Å². The molecule has 1 aliphatic heterocycles. The summed E-state index contributed by atoms with van der Waals surface area (Å²) in [6.45, 7) is 0. The van der Waals surface area contributed by atoms with Gasteiger partial charge in [-0.25, -0.2) is 0 Å². The van der Waals surface area contributed by atoms with Gasteiger partial charge in [0.15, 0.2) is 0 Å². The molecule has 0 bridgehead atoms. The van der Waals surface area contributed by atoms with Gasteiger partial charge in [-0.15, -0.1) is 0 Å². The highest BCUT2D eigenvalue weighted by Gasteiger charge is 2.33. The Labute approximate surface area is 272 Å². The summed E-state index contributed by atoms with van der Waals surface area (Å²) in [5, 5.41) is 7.05. The highest BCUT2D eigenvalue weighted by molar-refractivity contribution is 6.18. The van der Waals surface area contributed by atoms with E-state index in [-0.39, 0.29) is 0 Å². The minimum atomic E-state index is 0.893. The van der Waals surface area contributed by atoms with Crippen LogP contribution in [0.4, 0.5) is 34.1 Å². The van der Waals surface area contributed by atoms with Crippen molar-refractivity contribution in [3.05, 3.63) is 170 Å². The molecule has 0 N–H and O–H groups in total. The zero-order chi connectivity index (χ0) is 30.9. The molecule has 0 spiro atoms. The zero-order valence-corrected chi connectivity index (χ0v) is 25.5. The fourth-order valence-electron chi connectivity index (χ4n) is 7.38. The Kier molecular flexibility index (Phi) is 5.57. The summed E-state index contributed by atoms with van der Waals surface area (Å²) in [5.74, 6) is 0. The van der Waals surface area contributed by atoms with Crippen molar-refractivity contribution in [1.82, 2.24) is 0 Å². The summed E-state index contributed by atoms with van der Waals surface area (Å²) in [5.41, 5.74) is 11.0. The molecule has 47 heavy (non-hydrogen) atoms. The highest BCUT2D eigenvalue weighted by Crippen LogP contribution is 2.58. The minimum Gasteiger partial charge on any atom is -0.456 e. The molecule has 9 aromatic rings. The first-order chi connectivity index (χ1) is 23.3. The minimum absolute atomic E-state index is 0.893. The largest absolute Gasteiger partial charge is 0.456 e. The molecule has 1 aliphatic rings.